The summed E-state index contributed by atoms with van der Waals surface area (Å²) in [5.74, 6) is 2.38. The number of benzene rings is 1. The molecule has 0 radical (unpaired) electrons. The van der Waals surface area contributed by atoms with E-state index in [1.54, 1.807) is 6.20 Å². The molecule has 0 aliphatic heterocycles. The van der Waals surface area contributed by atoms with Crippen LogP contribution in [-0.4, -0.2) is 27.7 Å². The number of hydrogen-bond donors (Lipinski definition) is 1. The Bertz CT molecular complexity index is 921. The predicted molar refractivity (Wildman–Crippen MR) is 107 cm³/mol. The van der Waals surface area contributed by atoms with Gasteiger partial charge in [0.25, 0.3) is 0 Å². The third kappa shape index (κ3) is 5.88. The Labute approximate surface area is 169 Å². The van der Waals surface area contributed by atoms with E-state index in [2.05, 4.69) is 20.5 Å². The Morgan fingerprint density at radius 3 is 2.76 bits per heavy atom. The Balaban J connectivity index is 1.15. The molecule has 0 spiro atoms. The second kappa shape index (κ2) is 9.32. The van der Waals surface area contributed by atoms with E-state index >= 15 is 0 Å². The summed E-state index contributed by atoms with van der Waals surface area (Å²) in [6, 6.07) is 13.4. The molecule has 7 nitrogen and oxygen atoms in total. The third-order valence-corrected chi connectivity index (χ3v) is 4.73. The lowest BCUT2D eigenvalue weighted by Crippen LogP contribution is -2.22. The van der Waals surface area contributed by atoms with Crippen molar-refractivity contribution in [2.75, 3.05) is 6.61 Å². The average Bonchev–Trinajstić information content (AvgIpc) is 3.48. The first-order valence-electron chi connectivity index (χ1n) is 9.98. The van der Waals surface area contributed by atoms with Crippen molar-refractivity contribution in [1.82, 2.24) is 20.5 Å². The normalized spacial score (nSPS) is 13.2. The van der Waals surface area contributed by atoms with Crippen LogP contribution in [0.25, 0.3) is 11.5 Å². The van der Waals surface area contributed by atoms with Crippen LogP contribution >= 0.6 is 0 Å². The van der Waals surface area contributed by atoms with Gasteiger partial charge in [-0.3, -0.25) is 4.79 Å². The number of nitrogens with one attached hydrogen (secondary N) is 1. The van der Waals surface area contributed by atoms with Gasteiger partial charge in [-0.25, -0.2) is 4.98 Å². The Morgan fingerprint density at radius 2 is 2.00 bits per heavy atom. The largest absolute Gasteiger partial charge is 0.477 e. The van der Waals surface area contributed by atoms with Crippen molar-refractivity contribution in [3.63, 3.8) is 0 Å². The minimum atomic E-state index is -0.0122. The zero-order chi connectivity index (χ0) is 19.9. The van der Waals surface area contributed by atoms with Crippen molar-refractivity contribution < 1.29 is 13.9 Å². The van der Waals surface area contributed by atoms with Gasteiger partial charge in [-0.15, -0.1) is 10.2 Å². The number of aryl methyl sites for hydroxylation is 1. The second-order valence-electron chi connectivity index (χ2n) is 7.26. The zero-order valence-corrected chi connectivity index (χ0v) is 16.2. The van der Waals surface area contributed by atoms with Gasteiger partial charge >= 0.3 is 0 Å². The molecule has 1 fully saturated rings. The van der Waals surface area contributed by atoms with Gasteiger partial charge in [0.05, 0.1) is 6.61 Å². The number of hydrogen-bond acceptors (Lipinski definition) is 6. The van der Waals surface area contributed by atoms with Gasteiger partial charge in [0.1, 0.15) is 0 Å². The van der Waals surface area contributed by atoms with Gasteiger partial charge in [-0.05, 0) is 42.9 Å². The molecule has 1 N–H and O–H groups in total. The number of rotatable bonds is 10. The minimum Gasteiger partial charge on any atom is -0.477 e. The number of nitrogens with zero attached hydrogens (tertiary/aromatic N) is 3. The van der Waals surface area contributed by atoms with E-state index in [4.69, 9.17) is 9.15 Å². The van der Waals surface area contributed by atoms with Crippen LogP contribution in [-0.2, 0) is 17.8 Å². The molecule has 7 heteroatoms. The highest BCUT2D eigenvalue weighted by atomic mass is 16.5. The molecule has 1 saturated carbocycles. The molecule has 0 bridgehead atoms. The Kier molecular flexibility index (Phi) is 6.14. The molecule has 29 heavy (non-hydrogen) atoms. The summed E-state index contributed by atoms with van der Waals surface area (Å²) in [6.07, 6.45) is 5.87. The number of carbonyl (C=O) groups excluding carboxylic acids is 1. The van der Waals surface area contributed by atoms with Crippen molar-refractivity contribution in [3.05, 3.63) is 60.1 Å². The standard InChI is InChI=1S/C22H24N4O3/c27-19(23-13-17-11-12-20(24-14-17)28-15-16-9-10-16)7-4-8-21-25-26-22(29-21)18-5-2-1-3-6-18/h1-3,5-6,11-12,14,16H,4,7-10,13,15H2,(H,23,27). The van der Waals surface area contributed by atoms with E-state index in [1.165, 1.54) is 12.8 Å². The van der Waals surface area contributed by atoms with Crippen LogP contribution < -0.4 is 10.1 Å². The highest BCUT2D eigenvalue weighted by molar-refractivity contribution is 5.75. The molecule has 1 aliphatic carbocycles. The zero-order valence-electron chi connectivity index (χ0n) is 16.2. The van der Waals surface area contributed by atoms with E-state index in [0.717, 1.165) is 17.7 Å². The van der Waals surface area contributed by atoms with Crippen molar-refractivity contribution in [2.24, 2.45) is 5.92 Å². The van der Waals surface area contributed by atoms with Crippen molar-refractivity contribution in [2.45, 2.75) is 38.6 Å². The monoisotopic (exact) mass is 392 g/mol. The van der Waals surface area contributed by atoms with E-state index < -0.39 is 0 Å². The fraction of sp³-hybridized carbons (Fsp3) is 0.364. The maximum absolute atomic E-state index is 12.1. The van der Waals surface area contributed by atoms with Crippen LogP contribution in [0.5, 0.6) is 5.88 Å². The second-order valence-corrected chi connectivity index (χ2v) is 7.26. The molecule has 1 aromatic carbocycles. The number of ether oxygens (including phenoxy) is 1. The minimum absolute atomic E-state index is 0.0122. The Morgan fingerprint density at radius 1 is 1.14 bits per heavy atom. The Hall–Kier alpha value is -3.22. The van der Waals surface area contributed by atoms with Crippen LogP contribution in [0.2, 0.25) is 0 Å². The van der Waals surface area contributed by atoms with Gasteiger partial charge in [0.15, 0.2) is 0 Å². The molecule has 1 aliphatic rings. The first kappa shape index (κ1) is 19.1. The number of carbonyl (C=O) groups is 1. The van der Waals surface area contributed by atoms with Gasteiger partial charge in [0.2, 0.25) is 23.6 Å². The lowest BCUT2D eigenvalue weighted by Gasteiger charge is -2.07. The van der Waals surface area contributed by atoms with Crippen molar-refractivity contribution >= 4 is 5.91 Å². The van der Waals surface area contributed by atoms with Crippen molar-refractivity contribution in [1.29, 1.82) is 0 Å². The van der Waals surface area contributed by atoms with Crippen LogP contribution in [0.15, 0.2) is 53.1 Å². The fourth-order valence-electron chi connectivity index (χ4n) is 2.83. The van der Waals surface area contributed by atoms with Crippen LogP contribution in [0.1, 0.15) is 37.1 Å². The third-order valence-electron chi connectivity index (χ3n) is 4.73. The maximum Gasteiger partial charge on any atom is 0.247 e. The van der Waals surface area contributed by atoms with E-state index in [-0.39, 0.29) is 5.91 Å². The highest BCUT2D eigenvalue weighted by Crippen LogP contribution is 2.29. The van der Waals surface area contributed by atoms with Crippen molar-refractivity contribution in [3.8, 4) is 17.3 Å². The molecule has 1 amide bonds. The molecule has 3 aromatic rings. The predicted octanol–water partition coefficient (Wildman–Crippen LogP) is 3.56. The van der Waals surface area contributed by atoms with Gasteiger partial charge in [-0.1, -0.05) is 24.3 Å². The van der Waals surface area contributed by atoms with E-state index in [9.17, 15) is 4.79 Å². The fourth-order valence-corrected chi connectivity index (χ4v) is 2.83. The molecular formula is C22H24N4O3. The quantitative estimate of drug-likeness (QED) is 0.567. The summed E-state index contributed by atoms with van der Waals surface area (Å²) in [7, 11) is 0. The molecule has 0 saturated heterocycles. The summed E-state index contributed by atoms with van der Waals surface area (Å²) in [5, 5.41) is 11.0. The van der Waals surface area contributed by atoms with E-state index in [1.807, 2.05) is 42.5 Å². The lowest BCUT2D eigenvalue weighted by atomic mass is 10.2. The first-order valence-corrected chi connectivity index (χ1v) is 9.98. The average molecular weight is 392 g/mol. The van der Waals surface area contributed by atoms with Gasteiger partial charge in [-0.2, -0.15) is 0 Å². The highest BCUT2D eigenvalue weighted by Gasteiger charge is 2.22. The smallest absolute Gasteiger partial charge is 0.247 e. The lowest BCUT2D eigenvalue weighted by molar-refractivity contribution is -0.121. The van der Waals surface area contributed by atoms with Crippen LogP contribution in [0.3, 0.4) is 0 Å². The topological polar surface area (TPSA) is 90.1 Å². The molecular weight excluding hydrogens is 368 g/mol. The summed E-state index contributed by atoms with van der Waals surface area (Å²) in [6.45, 7) is 1.20. The van der Waals surface area contributed by atoms with E-state index in [0.29, 0.717) is 49.4 Å². The molecule has 0 atom stereocenters. The summed E-state index contributed by atoms with van der Waals surface area (Å²) in [5.41, 5.74) is 1.84. The maximum atomic E-state index is 12.1. The van der Waals surface area contributed by atoms with Gasteiger partial charge < -0.3 is 14.5 Å². The summed E-state index contributed by atoms with van der Waals surface area (Å²) >= 11 is 0. The molecule has 2 aromatic heterocycles. The summed E-state index contributed by atoms with van der Waals surface area (Å²) < 4.78 is 11.3. The first-order chi connectivity index (χ1) is 14.3. The SMILES string of the molecule is O=C(CCCc1nnc(-c2ccccc2)o1)NCc1ccc(OCC2CC2)nc1. The molecule has 150 valence electrons. The number of aromatic nitrogens is 3. The number of amides is 1. The van der Waals surface area contributed by atoms with Crippen LogP contribution in [0.4, 0.5) is 0 Å². The van der Waals surface area contributed by atoms with Crippen LogP contribution in [0, 0.1) is 5.92 Å². The summed E-state index contributed by atoms with van der Waals surface area (Å²) in [4.78, 5) is 16.3. The van der Waals surface area contributed by atoms with Gasteiger partial charge in [0, 0.05) is 37.2 Å². The number of pyridine rings is 1. The molecule has 4 rings (SSSR count). The molecule has 2 heterocycles. The molecule has 0 unspecified atom stereocenters.